The molecular formula is C18H12O4. The van der Waals surface area contributed by atoms with Gasteiger partial charge in [-0.25, -0.2) is 4.79 Å². The number of carbonyl (C=O) groups excluding carboxylic acids is 1. The normalized spacial score (nSPS) is 10.5. The number of phenols is 1. The molecule has 0 heterocycles. The second kappa shape index (κ2) is 5.33. The van der Waals surface area contributed by atoms with E-state index in [0.717, 1.165) is 16.8 Å². The number of phenolic OH excluding ortho intramolecular Hbond substituents is 1. The molecule has 0 spiro atoms. The lowest BCUT2D eigenvalue weighted by atomic mass is 9.94. The first kappa shape index (κ1) is 13.8. The molecule has 0 aliphatic rings. The van der Waals surface area contributed by atoms with E-state index in [1.807, 2.05) is 30.3 Å². The molecule has 4 nitrogen and oxygen atoms in total. The average molecular weight is 292 g/mol. The molecule has 3 aromatic carbocycles. The SMILES string of the molecule is O=C(O)c1cc(O)ccc1C(=O)c1cccc2ccccc12. The molecule has 0 atom stereocenters. The molecule has 0 aliphatic carbocycles. The van der Waals surface area contributed by atoms with Crippen LogP contribution in [0.1, 0.15) is 26.3 Å². The first-order valence-corrected chi connectivity index (χ1v) is 6.66. The van der Waals surface area contributed by atoms with Gasteiger partial charge in [-0.3, -0.25) is 4.79 Å². The number of carboxylic acid groups (broad SMARTS) is 1. The molecule has 3 aromatic rings. The van der Waals surface area contributed by atoms with Crippen LogP contribution in [0, 0.1) is 0 Å². The number of aromatic carboxylic acids is 1. The summed E-state index contributed by atoms with van der Waals surface area (Å²) in [5, 5.41) is 20.3. The molecule has 0 radical (unpaired) electrons. The van der Waals surface area contributed by atoms with E-state index in [9.17, 15) is 19.8 Å². The Labute approximate surface area is 126 Å². The Morgan fingerprint density at radius 1 is 0.773 bits per heavy atom. The van der Waals surface area contributed by atoms with Gasteiger partial charge in [0, 0.05) is 11.1 Å². The van der Waals surface area contributed by atoms with Crippen molar-refractivity contribution in [3.63, 3.8) is 0 Å². The van der Waals surface area contributed by atoms with E-state index in [-0.39, 0.29) is 22.7 Å². The van der Waals surface area contributed by atoms with Crippen molar-refractivity contribution >= 4 is 22.5 Å². The highest BCUT2D eigenvalue weighted by molar-refractivity contribution is 6.19. The smallest absolute Gasteiger partial charge is 0.336 e. The van der Waals surface area contributed by atoms with E-state index in [1.165, 1.54) is 12.1 Å². The zero-order valence-corrected chi connectivity index (χ0v) is 11.5. The van der Waals surface area contributed by atoms with Gasteiger partial charge in [0.15, 0.2) is 5.78 Å². The van der Waals surface area contributed by atoms with Gasteiger partial charge in [-0.05, 0) is 29.0 Å². The largest absolute Gasteiger partial charge is 0.508 e. The van der Waals surface area contributed by atoms with Crippen LogP contribution in [-0.2, 0) is 0 Å². The van der Waals surface area contributed by atoms with Crippen LogP contribution >= 0.6 is 0 Å². The van der Waals surface area contributed by atoms with Gasteiger partial charge in [-0.15, -0.1) is 0 Å². The molecule has 0 saturated heterocycles. The van der Waals surface area contributed by atoms with Crippen molar-refractivity contribution in [2.45, 2.75) is 0 Å². The van der Waals surface area contributed by atoms with E-state index in [2.05, 4.69) is 0 Å². The summed E-state index contributed by atoms with van der Waals surface area (Å²) in [5.74, 6) is -1.82. The minimum absolute atomic E-state index is 0.0571. The van der Waals surface area contributed by atoms with Crippen molar-refractivity contribution in [3.8, 4) is 5.75 Å². The second-order valence-corrected chi connectivity index (χ2v) is 4.89. The van der Waals surface area contributed by atoms with Gasteiger partial charge in [0.25, 0.3) is 0 Å². The molecule has 0 amide bonds. The molecule has 0 aromatic heterocycles. The van der Waals surface area contributed by atoms with Crippen LogP contribution in [0.5, 0.6) is 5.75 Å². The third-order valence-corrected chi connectivity index (χ3v) is 3.51. The maximum atomic E-state index is 12.8. The summed E-state index contributed by atoms with van der Waals surface area (Å²) in [6.07, 6.45) is 0. The number of carboxylic acids is 1. The van der Waals surface area contributed by atoms with E-state index < -0.39 is 5.97 Å². The van der Waals surface area contributed by atoms with Gasteiger partial charge in [-0.2, -0.15) is 0 Å². The predicted octanol–water partition coefficient (Wildman–Crippen LogP) is 3.47. The Balaban J connectivity index is 2.21. The van der Waals surface area contributed by atoms with Crippen LogP contribution in [0.15, 0.2) is 60.7 Å². The van der Waals surface area contributed by atoms with Gasteiger partial charge in [0.05, 0.1) is 5.56 Å². The van der Waals surface area contributed by atoms with Crippen LogP contribution in [-0.4, -0.2) is 22.0 Å². The van der Waals surface area contributed by atoms with Crippen LogP contribution in [0.3, 0.4) is 0 Å². The summed E-state index contributed by atoms with van der Waals surface area (Å²) in [7, 11) is 0. The Bertz CT molecular complexity index is 891. The summed E-state index contributed by atoms with van der Waals surface area (Å²) in [5.41, 5.74) is 0.283. The summed E-state index contributed by atoms with van der Waals surface area (Å²) in [6, 6.07) is 16.5. The zero-order chi connectivity index (χ0) is 15.7. The highest BCUT2D eigenvalue weighted by Gasteiger charge is 2.20. The number of hydrogen-bond donors (Lipinski definition) is 2. The summed E-state index contributed by atoms with van der Waals surface area (Å²) < 4.78 is 0. The first-order chi connectivity index (χ1) is 10.6. The topological polar surface area (TPSA) is 74.6 Å². The fourth-order valence-electron chi connectivity index (χ4n) is 2.48. The standard InChI is InChI=1S/C18H12O4/c19-12-8-9-15(16(10-12)18(21)22)17(20)14-7-3-5-11-4-1-2-6-13(11)14/h1-10,19H,(H,21,22). The van der Waals surface area contributed by atoms with Crippen molar-refractivity contribution in [1.29, 1.82) is 0 Å². The maximum absolute atomic E-state index is 12.8. The third-order valence-electron chi connectivity index (χ3n) is 3.51. The van der Waals surface area contributed by atoms with E-state index in [0.29, 0.717) is 5.56 Å². The van der Waals surface area contributed by atoms with Crippen molar-refractivity contribution in [3.05, 3.63) is 77.4 Å². The number of aromatic hydroxyl groups is 1. The van der Waals surface area contributed by atoms with E-state index >= 15 is 0 Å². The summed E-state index contributed by atoms with van der Waals surface area (Å²) >= 11 is 0. The fraction of sp³-hybridized carbons (Fsp3) is 0. The minimum atomic E-state index is -1.25. The van der Waals surface area contributed by atoms with Crippen molar-refractivity contribution in [2.24, 2.45) is 0 Å². The van der Waals surface area contributed by atoms with Crippen LogP contribution in [0.4, 0.5) is 0 Å². The quantitative estimate of drug-likeness (QED) is 0.725. The minimum Gasteiger partial charge on any atom is -0.508 e. The summed E-state index contributed by atoms with van der Waals surface area (Å²) in [4.78, 5) is 24.1. The lowest BCUT2D eigenvalue weighted by molar-refractivity contribution is 0.0692. The Morgan fingerprint density at radius 2 is 1.50 bits per heavy atom. The van der Waals surface area contributed by atoms with Crippen LogP contribution in [0.2, 0.25) is 0 Å². The van der Waals surface area contributed by atoms with Crippen molar-refractivity contribution < 1.29 is 19.8 Å². The third kappa shape index (κ3) is 2.31. The number of rotatable bonds is 3. The monoisotopic (exact) mass is 292 g/mol. The molecule has 108 valence electrons. The molecule has 0 aliphatic heterocycles. The maximum Gasteiger partial charge on any atom is 0.336 e. The molecule has 4 heteroatoms. The number of fused-ring (bicyclic) bond motifs is 1. The van der Waals surface area contributed by atoms with E-state index in [1.54, 1.807) is 12.1 Å². The van der Waals surface area contributed by atoms with E-state index in [4.69, 9.17) is 0 Å². The highest BCUT2D eigenvalue weighted by Crippen LogP contribution is 2.24. The summed E-state index contributed by atoms with van der Waals surface area (Å²) in [6.45, 7) is 0. The molecule has 0 bridgehead atoms. The average Bonchev–Trinajstić information content (AvgIpc) is 2.53. The van der Waals surface area contributed by atoms with Gasteiger partial charge in [-0.1, -0.05) is 42.5 Å². The highest BCUT2D eigenvalue weighted by atomic mass is 16.4. The fourth-order valence-corrected chi connectivity index (χ4v) is 2.48. The van der Waals surface area contributed by atoms with Gasteiger partial charge in [0.2, 0.25) is 0 Å². The van der Waals surface area contributed by atoms with Gasteiger partial charge in [0.1, 0.15) is 5.75 Å². The number of carbonyl (C=O) groups is 2. The lowest BCUT2D eigenvalue weighted by Gasteiger charge is -2.08. The Kier molecular flexibility index (Phi) is 3.35. The van der Waals surface area contributed by atoms with Crippen molar-refractivity contribution in [1.82, 2.24) is 0 Å². The van der Waals surface area contributed by atoms with Crippen LogP contribution in [0.25, 0.3) is 10.8 Å². The van der Waals surface area contributed by atoms with Gasteiger partial charge >= 0.3 is 5.97 Å². The van der Waals surface area contributed by atoms with Crippen LogP contribution < -0.4 is 0 Å². The Hall–Kier alpha value is -3.14. The number of hydrogen-bond acceptors (Lipinski definition) is 3. The number of benzene rings is 3. The second-order valence-electron chi connectivity index (χ2n) is 4.89. The van der Waals surface area contributed by atoms with Gasteiger partial charge < -0.3 is 10.2 Å². The molecule has 0 saturated carbocycles. The number of ketones is 1. The molecule has 0 fully saturated rings. The first-order valence-electron chi connectivity index (χ1n) is 6.66. The molecule has 3 rings (SSSR count). The molecule has 22 heavy (non-hydrogen) atoms. The molecule has 2 N–H and O–H groups in total. The lowest BCUT2D eigenvalue weighted by Crippen LogP contribution is -2.10. The molecule has 0 unspecified atom stereocenters. The zero-order valence-electron chi connectivity index (χ0n) is 11.5. The molecular weight excluding hydrogens is 280 g/mol. The predicted molar refractivity (Wildman–Crippen MR) is 82.4 cm³/mol. The Morgan fingerprint density at radius 3 is 2.27 bits per heavy atom. The van der Waals surface area contributed by atoms with Crippen molar-refractivity contribution in [2.75, 3.05) is 0 Å².